The zero-order valence-corrected chi connectivity index (χ0v) is 11.3. The largest absolute Gasteiger partial charge is 0.270 e. The van der Waals surface area contributed by atoms with Gasteiger partial charge in [0.05, 0.1) is 4.92 Å². The topological polar surface area (TPSA) is 43.1 Å². The van der Waals surface area contributed by atoms with E-state index in [-0.39, 0.29) is 10.6 Å². The molecule has 3 nitrogen and oxygen atoms in total. The third-order valence-electron chi connectivity index (χ3n) is 2.48. The van der Waals surface area contributed by atoms with E-state index in [0.29, 0.717) is 5.02 Å². The number of non-ortho nitro benzene ring substituents is 1. The Balaban J connectivity index is 2.05. The summed E-state index contributed by atoms with van der Waals surface area (Å²) in [7, 11) is 0. The molecule has 3 rings (SSSR count). The molecule has 1 aliphatic heterocycles. The molecule has 0 radical (unpaired) electrons. The monoisotopic (exact) mass is 295 g/mol. The van der Waals surface area contributed by atoms with Gasteiger partial charge in [0.25, 0.3) is 5.69 Å². The number of nitro groups is 1. The molecule has 0 bridgehead atoms. The molecule has 0 atom stereocenters. The summed E-state index contributed by atoms with van der Waals surface area (Å²) in [5.41, 5.74) is 0.124. The van der Waals surface area contributed by atoms with Gasteiger partial charge in [0, 0.05) is 36.7 Å². The number of hydrogen-bond donors (Lipinski definition) is 0. The maximum absolute atomic E-state index is 10.7. The van der Waals surface area contributed by atoms with E-state index >= 15 is 0 Å². The van der Waals surface area contributed by atoms with E-state index in [1.807, 2.05) is 18.2 Å². The van der Waals surface area contributed by atoms with Gasteiger partial charge in [-0.2, -0.15) is 0 Å². The maximum Gasteiger partial charge on any atom is 0.270 e. The van der Waals surface area contributed by atoms with E-state index < -0.39 is 0 Å². The molecule has 6 heteroatoms. The van der Waals surface area contributed by atoms with Gasteiger partial charge < -0.3 is 0 Å². The van der Waals surface area contributed by atoms with Gasteiger partial charge >= 0.3 is 0 Å². The van der Waals surface area contributed by atoms with Crippen LogP contribution in [-0.2, 0) is 0 Å². The van der Waals surface area contributed by atoms with Gasteiger partial charge in [0.15, 0.2) is 0 Å². The second-order valence-electron chi connectivity index (χ2n) is 3.68. The van der Waals surface area contributed by atoms with Crippen LogP contribution < -0.4 is 0 Å². The number of halogens is 1. The summed E-state index contributed by atoms with van der Waals surface area (Å²) in [6.07, 6.45) is 0. The van der Waals surface area contributed by atoms with Gasteiger partial charge in [-0.3, -0.25) is 10.1 Å². The lowest BCUT2D eigenvalue weighted by Gasteiger charge is -2.17. The summed E-state index contributed by atoms with van der Waals surface area (Å²) < 4.78 is 0. The first-order valence-corrected chi connectivity index (χ1v) is 7.08. The molecular weight excluding hydrogens is 290 g/mol. The van der Waals surface area contributed by atoms with Gasteiger partial charge in [-0.25, -0.2) is 0 Å². The van der Waals surface area contributed by atoms with E-state index in [1.54, 1.807) is 23.9 Å². The summed E-state index contributed by atoms with van der Waals surface area (Å²) in [4.78, 5) is 14.5. The van der Waals surface area contributed by atoms with Crippen LogP contribution in [0.4, 0.5) is 5.69 Å². The van der Waals surface area contributed by atoms with E-state index in [9.17, 15) is 10.1 Å². The fourth-order valence-electron chi connectivity index (χ4n) is 1.66. The molecule has 2 aromatic rings. The molecule has 0 aliphatic carbocycles. The van der Waals surface area contributed by atoms with Crippen molar-refractivity contribution in [3.63, 3.8) is 0 Å². The first-order chi connectivity index (χ1) is 8.63. The molecule has 0 unspecified atom stereocenters. The summed E-state index contributed by atoms with van der Waals surface area (Å²) in [5, 5.41) is 11.5. The van der Waals surface area contributed by atoms with Crippen LogP contribution in [0.3, 0.4) is 0 Å². The van der Waals surface area contributed by atoms with Crippen molar-refractivity contribution in [3.05, 3.63) is 51.5 Å². The molecular formula is C12H6ClNO2S2. The smallest absolute Gasteiger partial charge is 0.258 e. The Labute approximate surface area is 117 Å². The zero-order valence-electron chi connectivity index (χ0n) is 8.92. The van der Waals surface area contributed by atoms with E-state index in [1.165, 1.54) is 17.8 Å². The molecule has 0 N–H and O–H groups in total. The molecule has 1 heterocycles. The molecule has 2 aromatic carbocycles. The van der Waals surface area contributed by atoms with Crippen LogP contribution in [0.1, 0.15) is 0 Å². The van der Waals surface area contributed by atoms with Crippen molar-refractivity contribution in [2.45, 2.75) is 19.6 Å². The fourth-order valence-corrected chi connectivity index (χ4v) is 4.16. The third-order valence-corrected chi connectivity index (χ3v) is 5.24. The standard InChI is InChI=1S/C12H6ClNO2S2/c13-7-1-3-9-11(5-7)17-10-4-2-8(14(15)16)6-12(10)18-9/h1-6H. The normalized spacial score (nSPS) is 12.7. The van der Waals surface area contributed by atoms with Crippen LogP contribution in [-0.4, -0.2) is 4.92 Å². The van der Waals surface area contributed by atoms with Crippen molar-refractivity contribution in [3.8, 4) is 0 Å². The third kappa shape index (κ3) is 2.09. The van der Waals surface area contributed by atoms with Crippen molar-refractivity contribution in [2.24, 2.45) is 0 Å². The van der Waals surface area contributed by atoms with Gasteiger partial charge in [0.2, 0.25) is 0 Å². The maximum atomic E-state index is 10.7. The molecule has 0 saturated heterocycles. The minimum atomic E-state index is -0.372. The Hall–Kier alpha value is -1.17. The SMILES string of the molecule is O=[N+]([O-])c1ccc2c(c1)Sc1ccc(Cl)cc1S2. The van der Waals surface area contributed by atoms with Crippen LogP contribution in [0, 0.1) is 10.1 Å². The number of nitrogens with zero attached hydrogens (tertiary/aromatic N) is 1. The second-order valence-corrected chi connectivity index (χ2v) is 6.29. The number of rotatable bonds is 1. The van der Waals surface area contributed by atoms with E-state index in [4.69, 9.17) is 11.6 Å². The molecule has 18 heavy (non-hydrogen) atoms. The Morgan fingerprint density at radius 3 is 2.22 bits per heavy atom. The molecule has 0 spiro atoms. The van der Waals surface area contributed by atoms with Crippen molar-refractivity contribution in [1.29, 1.82) is 0 Å². The van der Waals surface area contributed by atoms with Crippen molar-refractivity contribution in [1.82, 2.24) is 0 Å². The first-order valence-electron chi connectivity index (χ1n) is 5.07. The predicted octanol–water partition coefficient (Wildman–Crippen LogP) is 4.86. The lowest BCUT2D eigenvalue weighted by Crippen LogP contribution is -1.92. The van der Waals surface area contributed by atoms with Gasteiger partial charge in [-0.05, 0) is 24.3 Å². The van der Waals surface area contributed by atoms with Crippen LogP contribution in [0.2, 0.25) is 5.02 Å². The lowest BCUT2D eigenvalue weighted by atomic mass is 10.3. The highest BCUT2D eigenvalue weighted by Gasteiger charge is 2.19. The average molecular weight is 296 g/mol. The van der Waals surface area contributed by atoms with Crippen molar-refractivity contribution < 1.29 is 4.92 Å². The Morgan fingerprint density at radius 1 is 0.944 bits per heavy atom. The molecule has 0 aromatic heterocycles. The minimum Gasteiger partial charge on any atom is -0.258 e. The molecule has 0 saturated carbocycles. The van der Waals surface area contributed by atoms with Crippen LogP contribution in [0.15, 0.2) is 56.0 Å². The number of benzene rings is 2. The average Bonchev–Trinajstić information content (AvgIpc) is 2.35. The molecule has 0 amide bonds. The van der Waals surface area contributed by atoms with Crippen LogP contribution in [0.25, 0.3) is 0 Å². The highest BCUT2D eigenvalue weighted by Crippen LogP contribution is 2.49. The summed E-state index contributed by atoms with van der Waals surface area (Å²) in [6, 6.07) is 10.6. The summed E-state index contributed by atoms with van der Waals surface area (Å²) >= 11 is 9.09. The minimum absolute atomic E-state index is 0.124. The molecule has 1 aliphatic rings. The quantitative estimate of drug-likeness (QED) is 0.475. The van der Waals surface area contributed by atoms with E-state index in [2.05, 4.69) is 0 Å². The number of fused-ring (bicyclic) bond motifs is 2. The fraction of sp³-hybridized carbons (Fsp3) is 0. The molecule has 90 valence electrons. The Kier molecular flexibility index (Phi) is 2.97. The predicted molar refractivity (Wildman–Crippen MR) is 72.8 cm³/mol. The highest BCUT2D eigenvalue weighted by molar-refractivity contribution is 8.05. The lowest BCUT2D eigenvalue weighted by molar-refractivity contribution is -0.385. The molecule has 0 fully saturated rings. The Morgan fingerprint density at radius 2 is 1.56 bits per heavy atom. The van der Waals surface area contributed by atoms with Crippen LogP contribution >= 0.6 is 35.1 Å². The van der Waals surface area contributed by atoms with Crippen molar-refractivity contribution >= 4 is 40.8 Å². The van der Waals surface area contributed by atoms with E-state index in [0.717, 1.165) is 19.6 Å². The highest BCUT2D eigenvalue weighted by atomic mass is 35.5. The van der Waals surface area contributed by atoms with Gasteiger partial charge in [-0.15, -0.1) is 0 Å². The summed E-state index contributed by atoms with van der Waals surface area (Å²) in [6.45, 7) is 0. The number of hydrogen-bond acceptors (Lipinski definition) is 4. The Bertz CT molecular complexity index is 661. The summed E-state index contributed by atoms with van der Waals surface area (Å²) in [5.74, 6) is 0. The van der Waals surface area contributed by atoms with Crippen molar-refractivity contribution in [2.75, 3.05) is 0 Å². The van der Waals surface area contributed by atoms with Gasteiger partial charge in [-0.1, -0.05) is 35.1 Å². The van der Waals surface area contributed by atoms with Crippen LogP contribution in [0.5, 0.6) is 0 Å². The second kappa shape index (κ2) is 4.50. The number of nitro benzene ring substituents is 1. The first kappa shape index (κ1) is 11.9. The zero-order chi connectivity index (χ0) is 12.7. The van der Waals surface area contributed by atoms with Gasteiger partial charge in [0.1, 0.15) is 0 Å².